The van der Waals surface area contributed by atoms with Gasteiger partial charge in [0.05, 0.1) is 23.0 Å². The van der Waals surface area contributed by atoms with Crippen molar-refractivity contribution in [1.29, 1.82) is 0 Å². The van der Waals surface area contributed by atoms with E-state index in [1.165, 1.54) is 38.9 Å². The van der Waals surface area contributed by atoms with E-state index in [0.717, 1.165) is 11.3 Å². The van der Waals surface area contributed by atoms with Gasteiger partial charge < -0.3 is 0 Å². The standard InChI is InChI=1S/C23H22N3/c1-15-11-16(2)17(3)19(12-15)23-20(21-14-24-9-10-25-21)13-18-7-5-6-8-22(18)26(23)4/h5-14H,1-4H3/q+1. The minimum Gasteiger partial charge on any atom is -0.261 e. The lowest BCUT2D eigenvalue weighted by atomic mass is 9.93. The highest BCUT2D eigenvalue weighted by Crippen LogP contribution is 2.34. The van der Waals surface area contributed by atoms with Gasteiger partial charge in [-0.2, -0.15) is 4.57 Å². The second kappa shape index (κ2) is 6.34. The fourth-order valence-corrected chi connectivity index (χ4v) is 3.68. The lowest BCUT2D eigenvalue weighted by molar-refractivity contribution is -0.633. The van der Waals surface area contributed by atoms with E-state index >= 15 is 0 Å². The normalized spacial score (nSPS) is 11.1. The molecule has 0 amide bonds. The summed E-state index contributed by atoms with van der Waals surface area (Å²) in [5, 5.41) is 1.20. The molecule has 0 unspecified atom stereocenters. The van der Waals surface area contributed by atoms with E-state index in [4.69, 9.17) is 0 Å². The Balaban J connectivity index is 2.16. The number of aryl methyl sites for hydroxylation is 3. The minimum atomic E-state index is 0.891. The molecule has 4 rings (SSSR count). The van der Waals surface area contributed by atoms with Crippen LogP contribution in [0.25, 0.3) is 33.4 Å². The maximum Gasteiger partial charge on any atom is 0.222 e. The first-order valence-corrected chi connectivity index (χ1v) is 8.82. The van der Waals surface area contributed by atoms with Crippen LogP contribution in [0.4, 0.5) is 0 Å². The minimum absolute atomic E-state index is 0.891. The summed E-state index contributed by atoms with van der Waals surface area (Å²) in [7, 11) is 2.13. The number of nitrogens with zero attached hydrogens (tertiary/aromatic N) is 3. The average molecular weight is 340 g/mol. The molecule has 0 radical (unpaired) electrons. The van der Waals surface area contributed by atoms with Crippen LogP contribution in [0.15, 0.2) is 61.1 Å². The zero-order valence-corrected chi connectivity index (χ0v) is 15.6. The van der Waals surface area contributed by atoms with Gasteiger partial charge in [0.15, 0.2) is 0 Å². The van der Waals surface area contributed by atoms with Crippen LogP contribution in [0.1, 0.15) is 16.7 Å². The molecule has 0 aliphatic carbocycles. The van der Waals surface area contributed by atoms with Crippen molar-refractivity contribution >= 4 is 10.9 Å². The Morgan fingerprint density at radius 2 is 1.69 bits per heavy atom. The quantitative estimate of drug-likeness (QED) is 0.495. The predicted molar refractivity (Wildman–Crippen MR) is 106 cm³/mol. The summed E-state index contributed by atoms with van der Waals surface area (Å²) in [4.78, 5) is 8.87. The number of benzene rings is 2. The van der Waals surface area contributed by atoms with Gasteiger partial charge in [-0.05, 0) is 50.1 Å². The number of rotatable bonds is 2. The summed E-state index contributed by atoms with van der Waals surface area (Å²) in [5.74, 6) is 0. The molecular formula is C23H22N3+. The molecule has 0 saturated carbocycles. The SMILES string of the molecule is Cc1cc(C)c(C)c(-c2c(-c3cnccn3)cc3ccccc3[n+]2C)c1. The van der Waals surface area contributed by atoms with E-state index in [0.29, 0.717) is 0 Å². The van der Waals surface area contributed by atoms with Crippen LogP contribution < -0.4 is 4.57 Å². The summed E-state index contributed by atoms with van der Waals surface area (Å²) < 4.78 is 2.28. The van der Waals surface area contributed by atoms with Gasteiger partial charge in [-0.1, -0.05) is 23.8 Å². The number of pyridine rings is 1. The van der Waals surface area contributed by atoms with Crippen molar-refractivity contribution in [3.05, 3.63) is 77.7 Å². The third-order valence-electron chi connectivity index (χ3n) is 5.09. The van der Waals surface area contributed by atoms with Crippen molar-refractivity contribution in [3.8, 4) is 22.5 Å². The Labute approximate surface area is 154 Å². The highest BCUT2D eigenvalue weighted by molar-refractivity contribution is 5.88. The Morgan fingerprint density at radius 1 is 0.885 bits per heavy atom. The lowest BCUT2D eigenvalue weighted by Gasteiger charge is -2.14. The van der Waals surface area contributed by atoms with Gasteiger partial charge in [-0.25, -0.2) is 0 Å². The van der Waals surface area contributed by atoms with Crippen LogP contribution in [0.3, 0.4) is 0 Å². The molecule has 4 aromatic rings. The number of para-hydroxylation sites is 1. The molecule has 3 heteroatoms. The highest BCUT2D eigenvalue weighted by Gasteiger charge is 2.24. The topological polar surface area (TPSA) is 29.7 Å². The molecule has 128 valence electrons. The van der Waals surface area contributed by atoms with Gasteiger partial charge in [-0.15, -0.1) is 0 Å². The molecule has 26 heavy (non-hydrogen) atoms. The molecule has 2 heterocycles. The van der Waals surface area contributed by atoms with Gasteiger partial charge >= 0.3 is 0 Å². The highest BCUT2D eigenvalue weighted by atomic mass is 14.9. The van der Waals surface area contributed by atoms with Crippen molar-refractivity contribution in [2.24, 2.45) is 7.05 Å². The smallest absolute Gasteiger partial charge is 0.222 e. The van der Waals surface area contributed by atoms with Crippen molar-refractivity contribution in [2.45, 2.75) is 20.8 Å². The Kier molecular flexibility index (Phi) is 4.00. The molecule has 3 nitrogen and oxygen atoms in total. The van der Waals surface area contributed by atoms with E-state index in [1.54, 1.807) is 12.4 Å². The first-order chi connectivity index (χ1) is 12.6. The van der Waals surface area contributed by atoms with E-state index in [1.807, 2.05) is 6.20 Å². The summed E-state index contributed by atoms with van der Waals surface area (Å²) in [6.45, 7) is 6.52. The van der Waals surface area contributed by atoms with E-state index in [9.17, 15) is 0 Å². The molecular weight excluding hydrogens is 318 g/mol. The van der Waals surface area contributed by atoms with Crippen molar-refractivity contribution in [3.63, 3.8) is 0 Å². The van der Waals surface area contributed by atoms with Crippen LogP contribution in [0.5, 0.6) is 0 Å². The van der Waals surface area contributed by atoms with Crippen LogP contribution in [-0.2, 0) is 7.05 Å². The number of hydrogen-bond acceptors (Lipinski definition) is 2. The molecule has 0 spiro atoms. The number of fused-ring (bicyclic) bond motifs is 1. The molecule has 2 aromatic carbocycles. The second-order valence-corrected chi connectivity index (χ2v) is 6.87. The number of hydrogen-bond donors (Lipinski definition) is 0. The maximum atomic E-state index is 4.58. The number of aromatic nitrogens is 3. The Morgan fingerprint density at radius 3 is 2.46 bits per heavy atom. The fraction of sp³-hybridized carbons (Fsp3) is 0.174. The average Bonchev–Trinajstić information content (AvgIpc) is 2.65. The summed E-state index contributed by atoms with van der Waals surface area (Å²) >= 11 is 0. The second-order valence-electron chi connectivity index (χ2n) is 6.87. The maximum absolute atomic E-state index is 4.58. The van der Waals surface area contributed by atoms with Gasteiger partial charge in [0.1, 0.15) is 7.05 Å². The van der Waals surface area contributed by atoms with E-state index in [-0.39, 0.29) is 0 Å². The van der Waals surface area contributed by atoms with Gasteiger partial charge in [0.2, 0.25) is 11.2 Å². The van der Waals surface area contributed by atoms with Gasteiger partial charge in [-0.3, -0.25) is 9.97 Å². The molecule has 0 atom stereocenters. The van der Waals surface area contributed by atoms with Crippen LogP contribution in [-0.4, -0.2) is 9.97 Å². The van der Waals surface area contributed by atoms with Crippen LogP contribution >= 0.6 is 0 Å². The molecule has 0 bridgehead atoms. The summed E-state index contributed by atoms with van der Waals surface area (Å²) in [6, 6.07) is 15.2. The summed E-state index contributed by atoms with van der Waals surface area (Å²) in [5.41, 5.74) is 9.49. The first kappa shape index (κ1) is 16.4. The van der Waals surface area contributed by atoms with Crippen LogP contribution in [0, 0.1) is 20.8 Å². The van der Waals surface area contributed by atoms with Crippen LogP contribution in [0.2, 0.25) is 0 Å². The zero-order valence-electron chi connectivity index (χ0n) is 15.6. The zero-order chi connectivity index (χ0) is 18.3. The van der Waals surface area contributed by atoms with Crippen molar-refractivity contribution in [2.75, 3.05) is 0 Å². The monoisotopic (exact) mass is 340 g/mol. The summed E-state index contributed by atoms with van der Waals surface area (Å²) in [6.07, 6.45) is 5.31. The lowest BCUT2D eigenvalue weighted by Crippen LogP contribution is -2.33. The molecule has 2 aromatic heterocycles. The molecule has 0 aliphatic heterocycles. The third kappa shape index (κ3) is 2.66. The largest absolute Gasteiger partial charge is 0.261 e. The fourth-order valence-electron chi connectivity index (χ4n) is 3.68. The van der Waals surface area contributed by atoms with Gasteiger partial charge in [0, 0.05) is 23.8 Å². The molecule has 0 aliphatic rings. The predicted octanol–water partition coefficient (Wildman–Crippen LogP) is 4.71. The molecule has 0 N–H and O–H groups in total. The Bertz CT molecular complexity index is 1120. The first-order valence-electron chi connectivity index (χ1n) is 8.82. The van der Waals surface area contributed by atoms with Crippen molar-refractivity contribution in [1.82, 2.24) is 9.97 Å². The van der Waals surface area contributed by atoms with Gasteiger partial charge in [0.25, 0.3) is 0 Å². The Hall–Kier alpha value is -3.07. The van der Waals surface area contributed by atoms with Crippen molar-refractivity contribution < 1.29 is 4.57 Å². The van der Waals surface area contributed by atoms with E-state index < -0.39 is 0 Å². The molecule has 0 saturated heterocycles. The third-order valence-corrected chi connectivity index (χ3v) is 5.09. The molecule has 0 fully saturated rings. The van der Waals surface area contributed by atoms with E-state index in [2.05, 4.69) is 84.8 Å².